The van der Waals surface area contributed by atoms with Crippen LogP contribution in [0.4, 0.5) is 0 Å². The third-order valence-electron chi connectivity index (χ3n) is 3.04. The number of aliphatic hydroxyl groups is 1. The number of amides is 1. The van der Waals surface area contributed by atoms with Crippen molar-refractivity contribution in [3.05, 3.63) is 29.3 Å². The fourth-order valence-corrected chi connectivity index (χ4v) is 2.45. The molecule has 2 N–H and O–H groups in total. The van der Waals surface area contributed by atoms with Gasteiger partial charge in [-0.15, -0.1) is 11.8 Å². The minimum Gasteiger partial charge on any atom is -0.396 e. The zero-order chi connectivity index (χ0) is 14.3. The minimum atomic E-state index is 0.0524. The van der Waals surface area contributed by atoms with Gasteiger partial charge in [0.15, 0.2) is 0 Å². The third kappa shape index (κ3) is 6.12. The normalized spacial score (nSPS) is 12.2. The SMILES string of the molecule is Cc1ccc(SCCC(=O)NCC(C)CO)cc1C. The summed E-state index contributed by atoms with van der Waals surface area (Å²) >= 11 is 1.70. The second kappa shape index (κ2) is 8.23. The highest BCUT2D eigenvalue weighted by Crippen LogP contribution is 2.21. The van der Waals surface area contributed by atoms with E-state index in [9.17, 15) is 4.79 Å². The Morgan fingerprint density at radius 3 is 2.74 bits per heavy atom. The second-order valence-corrected chi connectivity index (χ2v) is 6.10. The van der Waals surface area contributed by atoms with Crippen molar-refractivity contribution < 1.29 is 9.90 Å². The number of carbonyl (C=O) groups excluding carboxylic acids is 1. The van der Waals surface area contributed by atoms with Crippen LogP contribution < -0.4 is 5.32 Å². The first-order chi connectivity index (χ1) is 9.02. The number of nitrogens with one attached hydrogen (secondary N) is 1. The Labute approximate surface area is 119 Å². The van der Waals surface area contributed by atoms with Gasteiger partial charge in [-0.2, -0.15) is 0 Å². The lowest BCUT2D eigenvalue weighted by molar-refractivity contribution is -0.120. The fourth-order valence-electron chi connectivity index (χ4n) is 1.51. The van der Waals surface area contributed by atoms with Gasteiger partial charge in [-0.3, -0.25) is 4.79 Å². The van der Waals surface area contributed by atoms with E-state index in [1.165, 1.54) is 16.0 Å². The molecule has 0 aliphatic carbocycles. The van der Waals surface area contributed by atoms with Crippen molar-refractivity contribution in [3.63, 3.8) is 0 Å². The van der Waals surface area contributed by atoms with Crippen LogP contribution in [0.3, 0.4) is 0 Å². The Balaban J connectivity index is 2.26. The number of rotatable bonds is 7. The van der Waals surface area contributed by atoms with Crippen LogP contribution in [0.5, 0.6) is 0 Å². The molecule has 0 saturated heterocycles. The standard InChI is InChI=1S/C15H23NO2S/c1-11(10-17)9-16-15(18)6-7-19-14-5-4-12(2)13(3)8-14/h4-5,8,11,17H,6-7,9-10H2,1-3H3,(H,16,18). The molecule has 0 aliphatic heterocycles. The van der Waals surface area contributed by atoms with Crippen LogP contribution in [0.2, 0.25) is 0 Å². The van der Waals surface area contributed by atoms with Crippen molar-refractivity contribution in [2.75, 3.05) is 18.9 Å². The summed E-state index contributed by atoms with van der Waals surface area (Å²) in [5.74, 6) is 0.954. The molecule has 1 unspecified atom stereocenters. The minimum absolute atomic E-state index is 0.0524. The van der Waals surface area contributed by atoms with E-state index in [4.69, 9.17) is 5.11 Å². The van der Waals surface area contributed by atoms with E-state index >= 15 is 0 Å². The molecule has 1 atom stereocenters. The van der Waals surface area contributed by atoms with Gasteiger partial charge in [0.25, 0.3) is 0 Å². The van der Waals surface area contributed by atoms with Gasteiger partial charge < -0.3 is 10.4 Å². The van der Waals surface area contributed by atoms with Crippen molar-refractivity contribution in [2.24, 2.45) is 5.92 Å². The van der Waals surface area contributed by atoms with Crippen LogP contribution in [-0.4, -0.2) is 29.9 Å². The van der Waals surface area contributed by atoms with E-state index in [0.717, 1.165) is 5.75 Å². The summed E-state index contributed by atoms with van der Waals surface area (Å²) in [6, 6.07) is 6.37. The summed E-state index contributed by atoms with van der Waals surface area (Å²) in [5, 5.41) is 11.7. The molecule has 3 nitrogen and oxygen atoms in total. The van der Waals surface area contributed by atoms with Gasteiger partial charge in [0, 0.05) is 30.2 Å². The Hall–Kier alpha value is -1.00. The quantitative estimate of drug-likeness (QED) is 0.755. The molecular weight excluding hydrogens is 258 g/mol. The third-order valence-corrected chi connectivity index (χ3v) is 4.03. The van der Waals surface area contributed by atoms with Crippen molar-refractivity contribution in [2.45, 2.75) is 32.1 Å². The summed E-state index contributed by atoms with van der Waals surface area (Å²) in [6.07, 6.45) is 0.510. The highest BCUT2D eigenvalue weighted by molar-refractivity contribution is 7.99. The van der Waals surface area contributed by atoms with E-state index in [2.05, 4.69) is 37.4 Å². The van der Waals surface area contributed by atoms with Crippen LogP contribution in [-0.2, 0) is 4.79 Å². The molecule has 0 heterocycles. The molecule has 0 radical (unpaired) electrons. The van der Waals surface area contributed by atoms with Crippen molar-refractivity contribution in [1.82, 2.24) is 5.32 Å². The molecule has 1 amide bonds. The van der Waals surface area contributed by atoms with Gasteiger partial charge in [-0.1, -0.05) is 13.0 Å². The molecule has 1 aromatic carbocycles. The smallest absolute Gasteiger partial charge is 0.220 e. The molecule has 1 aromatic rings. The number of aliphatic hydroxyl groups excluding tert-OH is 1. The molecule has 0 spiro atoms. The van der Waals surface area contributed by atoms with Crippen molar-refractivity contribution in [1.29, 1.82) is 0 Å². The van der Waals surface area contributed by atoms with Gasteiger partial charge in [0.1, 0.15) is 0 Å². The second-order valence-electron chi connectivity index (χ2n) is 4.94. The average molecular weight is 281 g/mol. The van der Waals surface area contributed by atoms with Crippen molar-refractivity contribution >= 4 is 17.7 Å². The molecule has 4 heteroatoms. The van der Waals surface area contributed by atoms with Gasteiger partial charge in [0.2, 0.25) is 5.91 Å². The molecular formula is C15H23NO2S. The lowest BCUT2D eigenvalue weighted by atomic mass is 10.1. The first-order valence-corrected chi connectivity index (χ1v) is 7.59. The molecule has 0 bridgehead atoms. The van der Waals surface area contributed by atoms with Gasteiger partial charge in [-0.05, 0) is 43.0 Å². The number of hydrogen-bond donors (Lipinski definition) is 2. The zero-order valence-corrected chi connectivity index (χ0v) is 12.7. The first-order valence-electron chi connectivity index (χ1n) is 6.60. The van der Waals surface area contributed by atoms with Crippen LogP contribution in [0.15, 0.2) is 23.1 Å². The van der Waals surface area contributed by atoms with E-state index < -0.39 is 0 Å². The fraction of sp³-hybridized carbons (Fsp3) is 0.533. The molecule has 0 aromatic heterocycles. The number of aryl methyl sites for hydroxylation is 2. The molecule has 1 rings (SSSR count). The van der Waals surface area contributed by atoms with E-state index in [0.29, 0.717) is 13.0 Å². The largest absolute Gasteiger partial charge is 0.396 e. The summed E-state index contributed by atoms with van der Waals surface area (Å²) in [6.45, 7) is 6.76. The number of carbonyl (C=O) groups is 1. The van der Waals surface area contributed by atoms with Crippen LogP contribution >= 0.6 is 11.8 Å². The Morgan fingerprint density at radius 2 is 2.11 bits per heavy atom. The molecule has 0 aliphatic rings. The lowest BCUT2D eigenvalue weighted by Crippen LogP contribution is -2.29. The predicted molar refractivity (Wildman–Crippen MR) is 80.5 cm³/mol. The molecule has 0 fully saturated rings. The maximum Gasteiger partial charge on any atom is 0.220 e. The maximum absolute atomic E-state index is 11.6. The highest BCUT2D eigenvalue weighted by atomic mass is 32.2. The van der Waals surface area contributed by atoms with E-state index in [1.54, 1.807) is 11.8 Å². The summed E-state index contributed by atoms with van der Waals surface area (Å²) in [4.78, 5) is 12.8. The van der Waals surface area contributed by atoms with Crippen LogP contribution in [0.1, 0.15) is 24.5 Å². The molecule has 19 heavy (non-hydrogen) atoms. The Kier molecular flexibility index (Phi) is 6.95. The lowest BCUT2D eigenvalue weighted by Gasteiger charge is -2.09. The predicted octanol–water partition coefficient (Wildman–Crippen LogP) is 2.53. The monoisotopic (exact) mass is 281 g/mol. The van der Waals surface area contributed by atoms with Gasteiger partial charge in [-0.25, -0.2) is 0 Å². The average Bonchev–Trinajstić information content (AvgIpc) is 2.40. The maximum atomic E-state index is 11.6. The summed E-state index contributed by atoms with van der Waals surface area (Å²) in [5.41, 5.74) is 2.58. The van der Waals surface area contributed by atoms with Gasteiger partial charge >= 0.3 is 0 Å². The Morgan fingerprint density at radius 1 is 1.37 bits per heavy atom. The van der Waals surface area contributed by atoms with Crippen LogP contribution in [0, 0.1) is 19.8 Å². The number of thioether (sulfide) groups is 1. The molecule has 106 valence electrons. The first kappa shape index (κ1) is 16.1. The highest BCUT2D eigenvalue weighted by Gasteiger charge is 2.05. The van der Waals surface area contributed by atoms with E-state index in [-0.39, 0.29) is 18.4 Å². The number of hydrogen-bond acceptors (Lipinski definition) is 3. The van der Waals surface area contributed by atoms with Crippen LogP contribution in [0.25, 0.3) is 0 Å². The van der Waals surface area contributed by atoms with Gasteiger partial charge in [0.05, 0.1) is 0 Å². The van der Waals surface area contributed by atoms with Crippen molar-refractivity contribution in [3.8, 4) is 0 Å². The molecule has 0 saturated carbocycles. The summed E-state index contributed by atoms with van der Waals surface area (Å²) in [7, 11) is 0. The topological polar surface area (TPSA) is 49.3 Å². The number of benzene rings is 1. The summed E-state index contributed by atoms with van der Waals surface area (Å²) < 4.78 is 0. The Bertz CT molecular complexity index is 421. The van der Waals surface area contributed by atoms with E-state index in [1.807, 2.05) is 6.92 Å². The zero-order valence-electron chi connectivity index (χ0n) is 11.9.